The molecule has 0 amide bonds. The third-order valence-electron chi connectivity index (χ3n) is 32.9. The van der Waals surface area contributed by atoms with Gasteiger partial charge in [-0.15, -0.1) is 0 Å². The van der Waals surface area contributed by atoms with Gasteiger partial charge < -0.3 is 4.90 Å². The van der Waals surface area contributed by atoms with Gasteiger partial charge in [0.15, 0.2) is 0 Å². The molecule has 129 heavy (non-hydrogen) atoms. The highest BCUT2D eigenvalue weighted by Crippen LogP contribution is 2.63. The van der Waals surface area contributed by atoms with E-state index in [9.17, 15) is 0 Å². The second-order valence-electron chi connectivity index (χ2n) is 42.2. The smallest absolute Gasteiger partial charge is 0.0543 e. The molecule has 0 saturated carbocycles. The topological polar surface area (TPSA) is 3.24 Å². The molecule has 0 bridgehead atoms. The summed E-state index contributed by atoms with van der Waals surface area (Å²) in [5.74, 6) is 0. The summed E-state index contributed by atoms with van der Waals surface area (Å²) in [5.41, 5.74) is 47.2. The SMILES string of the molecule is CCCCCCCCC1(CCCCCCCC)c2ccccc2-c2ccc(-c3ccc4c(c3)C(C)(C)c3cc(-c5ccc(N(c6ccc(-c7ccc8c(c7)C(C)(C)c7cc(-c9ccc%10c(c9)C(CCCCCCCC)(CCCCCCCC)c9ccccc9-%10)ccc7-8)cc6)c6cc7c(c8ccccc68)-c6cc8c(cc6C7(C)C)-c6ccccc6C8(C)C)cc5)ccc3-4)cc21. The lowest BCUT2D eigenvalue weighted by Gasteiger charge is -2.33. The second-order valence-corrected chi connectivity index (χ2v) is 42.2. The van der Waals surface area contributed by atoms with E-state index in [2.05, 4.69) is 361 Å². The van der Waals surface area contributed by atoms with Crippen LogP contribution in [0.25, 0.3) is 122 Å². The molecule has 0 N–H and O–H groups in total. The third kappa shape index (κ3) is 14.9. The maximum atomic E-state index is 2.65. The molecule has 1 nitrogen and oxygen atoms in total. The zero-order valence-corrected chi connectivity index (χ0v) is 79.7. The number of fused-ring (bicyclic) bond motifs is 20. The highest BCUT2D eigenvalue weighted by atomic mass is 15.1. The normalized spacial score (nSPS) is 15.4. The standard InChI is InChI=1S/C128H137N/c1-13-17-21-25-29-41-73-127(74-42-30-26-22-18-14-2)110-51-39-36-45-96(110)103-71-61-92(81-118(103)127)90-59-69-101-99-67-57-88(77-112(99)124(7,8)114(101)79-90)86-53-63-94(64-54-86)129(121-85-120-122(106-49-34-33-48-105(106)121)108-84-116-107(83-117(108)126(120,11)12)98-47-35-38-50-109(98)123(116,5)6)95-65-55-87(56-66-95)89-58-68-100-102-70-60-91(80-115(102)125(9,10)113(100)78-89)93-62-72-104-97-46-37-40-52-111(97)128(119(104)82-93,75-43-31-27-23-19-15-3)76-44-32-28-24-20-16-4/h33-40,45-72,77-85H,13-32,41-44,73-76H2,1-12H3. The number of benzene rings is 14. The van der Waals surface area contributed by atoms with Crippen molar-refractivity contribution in [1.29, 1.82) is 0 Å². The molecule has 6 aliphatic carbocycles. The quantitative estimate of drug-likeness (QED) is 0.0358. The molecular formula is C128H137N. The third-order valence-corrected chi connectivity index (χ3v) is 32.9. The van der Waals surface area contributed by atoms with Crippen LogP contribution in [0.15, 0.2) is 273 Å². The Morgan fingerprint density at radius 1 is 0.186 bits per heavy atom. The summed E-state index contributed by atoms with van der Waals surface area (Å²) in [5, 5.41) is 2.54. The summed E-state index contributed by atoms with van der Waals surface area (Å²) in [6, 6.07) is 109. The number of hydrogen-bond donors (Lipinski definition) is 0. The molecule has 0 saturated heterocycles. The van der Waals surface area contributed by atoms with Gasteiger partial charge in [-0.05, 0) is 288 Å². The van der Waals surface area contributed by atoms with Crippen LogP contribution >= 0.6 is 0 Å². The van der Waals surface area contributed by atoms with Crippen molar-refractivity contribution in [2.75, 3.05) is 4.90 Å². The lowest BCUT2D eigenvalue weighted by molar-refractivity contribution is 0.398. The number of hydrogen-bond acceptors (Lipinski definition) is 1. The van der Waals surface area contributed by atoms with Gasteiger partial charge in [0.1, 0.15) is 0 Å². The Labute approximate surface area is 773 Å². The molecule has 14 aromatic rings. The Morgan fingerprint density at radius 3 is 0.822 bits per heavy atom. The largest absolute Gasteiger partial charge is 0.310 e. The van der Waals surface area contributed by atoms with Crippen LogP contribution in [-0.4, -0.2) is 0 Å². The van der Waals surface area contributed by atoms with E-state index in [4.69, 9.17) is 0 Å². The molecular weight excluding hydrogens is 1550 g/mol. The Balaban J connectivity index is 0.624. The van der Waals surface area contributed by atoms with Crippen LogP contribution in [0.3, 0.4) is 0 Å². The molecule has 1 heteroatoms. The minimum atomic E-state index is -0.285. The molecule has 0 unspecified atom stereocenters. The number of unbranched alkanes of at least 4 members (excludes halogenated alkanes) is 20. The van der Waals surface area contributed by atoms with Crippen LogP contribution in [0.2, 0.25) is 0 Å². The van der Waals surface area contributed by atoms with Crippen LogP contribution in [0.1, 0.15) is 330 Å². The van der Waals surface area contributed by atoms with E-state index >= 15 is 0 Å². The first-order chi connectivity index (χ1) is 62.8. The summed E-state index contributed by atoms with van der Waals surface area (Å²) in [6.45, 7) is 29.0. The predicted molar refractivity (Wildman–Crippen MR) is 555 cm³/mol. The van der Waals surface area contributed by atoms with E-state index < -0.39 is 0 Å². The van der Waals surface area contributed by atoms with Gasteiger partial charge in [-0.2, -0.15) is 0 Å². The summed E-state index contributed by atoms with van der Waals surface area (Å²) in [6.07, 6.45) is 36.6. The van der Waals surface area contributed by atoms with E-state index in [1.807, 2.05) is 0 Å². The fourth-order valence-electron chi connectivity index (χ4n) is 25.6. The summed E-state index contributed by atoms with van der Waals surface area (Å²) in [4.78, 5) is 2.57. The average Bonchev–Trinajstić information content (AvgIpc) is 1.51. The van der Waals surface area contributed by atoms with Gasteiger partial charge in [0.25, 0.3) is 0 Å². The molecule has 0 heterocycles. The first-order valence-corrected chi connectivity index (χ1v) is 50.8. The highest BCUT2D eigenvalue weighted by Gasteiger charge is 2.48. The average molecular weight is 1690 g/mol. The van der Waals surface area contributed by atoms with Gasteiger partial charge in [0.05, 0.1) is 5.69 Å². The molecule has 6 aliphatic rings. The van der Waals surface area contributed by atoms with Crippen LogP contribution in [0, 0.1) is 0 Å². The van der Waals surface area contributed by atoms with Crippen molar-refractivity contribution in [3.63, 3.8) is 0 Å². The van der Waals surface area contributed by atoms with Crippen molar-refractivity contribution >= 4 is 27.8 Å². The van der Waals surface area contributed by atoms with Crippen LogP contribution in [0.4, 0.5) is 17.1 Å². The van der Waals surface area contributed by atoms with Crippen molar-refractivity contribution in [2.45, 2.75) is 295 Å². The minimum Gasteiger partial charge on any atom is -0.310 e. The second kappa shape index (κ2) is 35.1. The molecule has 0 atom stereocenters. The summed E-state index contributed by atoms with van der Waals surface area (Å²) < 4.78 is 0. The predicted octanol–water partition coefficient (Wildman–Crippen LogP) is 37.7. The molecule has 20 rings (SSSR count). The van der Waals surface area contributed by atoms with Gasteiger partial charge in [-0.1, -0.05) is 431 Å². The molecule has 0 radical (unpaired) electrons. The monoisotopic (exact) mass is 1690 g/mol. The number of anilines is 3. The first-order valence-electron chi connectivity index (χ1n) is 50.8. The highest BCUT2D eigenvalue weighted by molar-refractivity contribution is 6.11. The summed E-state index contributed by atoms with van der Waals surface area (Å²) in [7, 11) is 0. The van der Waals surface area contributed by atoms with E-state index in [0.29, 0.717) is 0 Å². The van der Waals surface area contributed by atoms with Crippen molar-refractivity contribution in [2.24, 2.45) is 0 Å². The maximum Gasteiger partial charge on any atom is 0.0543 e. The van der Waals surface area contributed by atoms with Gasteiger partial charge in [0, 0.05) is 49.3 Å². The Hall–Kier alpha value is -10.9. The van der Waals surface area contributed by atoms with Gasteiger partial charge in [-0.25, -0.2) is 0 Å². The maximum absolute atomic E-state index is 2.65. The first kappa shape index (κ1) is 86.2. The Kier molecular flexibility index (Phi) is 23.5. The molecule has 0 fully saturated rings. The van der Waals surface area contributed by atoms with E-state index in [-0.39, 0.29) is 32.5 Å². The van der Waals surface area contributed by atoms with E-state index in [0.717, 1.165) is 11.4 Å². The van der Waals surface area contributed by atoms with Crippen LogP contribution < -0.4 is 4.90 Å². The fraction of sp³-hybridized carbons (Fsp3) is 0.359. The van der Waals surface area contributed by atoms with Crippen LogP contribution in [-0.2, 0) is 32.5 Å². The molecule has 654 valence electrons. The zero-order valence-electron chi connectivity index (χ0n) is 79.7. The van der Waals surface area contributed by atoms with E-state index in [1.165, 1.54) is 352 Å². The van der Waals surface area contributed by atoms with Gasteiger partial charge in [-0.3, -0.25) is 0 Å². The van der Waals surface area contributed by atoms with Crippen LogP contribution in [0.5, 0.6) is 0 Å². The van der Waals surface area contributed by atoms with Crippen molar-refractivity contribution in [1.82, 2.24) is 0 Å². The van der Waals surface area contributed by atoms with Gasteiger partial charge >= 0.3 is 0 Å². The van der Waals surface area contributed by atoms with Crippen molar-refractivity contribution in [3.05, 3.63) is 340 Å². The Bertz CT molecular complexity index is 6240. The van der Waals surface area contributed by atoms with Gasteiger partial charge in [0.2, 0.25) is 0 Å². The van der Waals surface area contributed by atoms with Crippen molar-refractivity contribution in [3.8, 4) is 111 Å². The molecule has 14 aromatic carbocycles. The fourth-order valence-corrected chi connectivity index (χ4v) is 25.6. The minimum absolute atomic E-state index is 0.0359. The lowest BCUT2D eigenvalue weighted by atomic mass is 9.70. The van der Waals surface area contributed by atoms with Crippen molar-refractivity contribution < 1.29 is 0 Å². The molecule has 0 spiro atoms. The Morgan fingerprint density at radius 2 is 0.442 bits per heavy atom. The lowest BCUT2D eigenvalue weighted by Crippen LogP contribution is -2.25. The summed E-state index contributed by atoms with van der Waals surface area (Å²) >= 11 is 0. The number of rotatable bonds is 35. The number of nitrogens with zero attached hydrogens (tertiary/aromatic N) is 1. The molecule has 0 aliphatic heterocycles. The molecule has 0 aromatic heterocycles. The zero-order chi connectivity index (χ0) is 88.6. The van der Waals surface area contributed by atoms with E-state index in [1.54, 1.807) is 22.3 Å².